The Morgan fingerprint density at radius 2 is 1.95 bits per heavy atom. The normalized spacial score (nSPS) is 37.6. The first kappa shape index (κ1) is 15.6. The molecule has 0 aromatic rings. The largest absolute Gasteiger partial charge is 0.743 e. The molecule has 0 N–H and O–H groups in total. The van der Waals surface area contributed by atoms with Gasteiger partial charge in [0.15, 0.2) is 10.1 Å². The first-order chi connectivity index (χ1) is 10.1. The van der Waals surface area contributed by atoms with Crippen LogP contribution in [0, 0.1) is 17.8 Å². The van der Waals surface area contributed by atoms with Crippen molar-refractivity contribution in [2.45, 2.75) is 43.1 Å². The van der Waals surface area contributed by atoms with E-state index in [1.165, 1.54) is 0 Å². The van der Waals surface area contributed by atoms with E-state index in [0.717, 1.165) is 0 Å². The summed E-state index contributed by atoms with van der Waals surface area (Å²) in [4.78, 5) is 23.2. The minimum absolute atomic E-state index is 0.193. The van der Waals surface area contributed by atoms with Crippen molar-refractivity contribution in [1.29, 1.82) is 0 Å². The number of hydrogen-bond donors (Lipinski definition) is 0. The number of alkyl halides is 2. The Morgan fingerprint density at radius 3 is 2.59 bits per heavy atom. The van der Waals surface area contributed by atoms with Gasteiger partial charge in [0.25, 0.3) is 0 Å². The molecule has 4 fully saturated rings. The van der Waals surface area contributed by atoms with Crippen LogP contribution in [0.4, 0.5) is 8.78 Å². The number of rotatable bonds is 3. The highest BCUT2D eigenvalue weighted by Crippen LogP contribution is 2.48. The second-order valence-corrected chi connectivity index (χ2v) is 7.50. The van der Waals surface area contributed by atoms with E-state index in [1.807, 2.05) is 0 Å². The molecule has 2 saturated carbocycles. The number of fused-ring (bicyclic) bond motifs is 1. The van der Waals surface area contributed by atoms with Gasteiger partial charge in [-0.15, -0.1) is 0 Å². The molecule has 124 valence electrons. The molecule has 7 nitrogen and oxygen atoms in total. The smallest absolute Gasteiger partial charge is 0.428 e. The van der Waals surface area contributed by atoms with E-state index in [0.29, 0.717) is 25.7 Å². The maximum atomic E-state index is 13.2. The number of esters is 2. The number of halogens is 2. The average molecular weight is 339 g/mol. The molecule has 4 aliphatic rings. The van der Waals surface area contributed by atoms with E-state index >= 15 is 0 Å². The zero-order chi connectivity index (χ0) is 16.3. The molecule has 5 atom stereocenters. The van der Waals surface area contributed by atoms with Crippen LogP contribution < -0.4 is 0 Å². The van der Waals surface area contributed by atoms with Gasteiger partial charge in [-0.1, -0.05) is 0 Å². The SMILES string of the molecule is O=C1OC2CC3CC1CC(C3)C2OC(=O)C(F)(F)S(=O)(=O)[O-]. The Hall–Kier alpha value is -1.29. The molecule has 2 aliphatic carbocycles. The maximum Gasteiger partial charge on any atom is 0.428 e. The lowest BCUT2D eigenvalue weighted by Crippen LogP contribution is -2.49. The van der Waals surface area contributed by atoms with Crippen LogP contribution in [0.3, 0.4) is 0 Å². The van der Waals surface area contributed by atoms with E-state index in [4.69, 9.17) is 4.74 Å². The lowest BCUT2D eigenvalue weighted by Gasteiger charge is -2.41. The van der Waals surface area contributed by atoms with E-state index in [-0.39, 0.29) is 17.8 Å². The molecule has 0 amide bonds. The quantitative estimate of drug-likeness (QED) is 0.540. The molecule has 0 spiro atoms. The number of carbonyl (C=O) groups is 2. The highest BCUT2D eigenvalue weighted by atomic mass is 32.2. The van der Waals surface area contributed by atoms with Crippen LogP contribution in [0.5, 0.6) is 0 Å². The van der Waals surface area contributed by atoms with Crippen LogP contribution in [0.2, 0.25) is 0 Å². The summed E-state index contributed by atoms with van der Waals surface area (Å²) in [6.07, 6.45) is -0.00993. The topological polar surface area (TPSA) is 110 Å². The molecule has 2 saturated heterocycles. The Kier molecular flexibility index (Phi) is 3.44. The Bertz CT molecular complexity index is 617. The van der Waals surface area contributed by atoms with Crippen LogP contribution in [0.25, 0.3) is 0 Å². The van der Waals surface area contributed by atoms with Crippen LogP contribution in [0.15, 0.2) is 0 Å². The number of ether oxygens (including phenoxy) is 2. The van der Waals surface area contributed by atoms with Crippen molar-refractivity contribution in [2.24, 2.45) is 17.8 Å². The summed E-state index contributed by atoms with van der Waals surface area (Å²) in [6, 6.07) is 0. The van der Waals surface area contributed by atoms with Crippen molar-refractivity contribution in [3.8, 4) is 0 Å². The number of hydrogen-bond acceptors (Lipinski definition) is 7. The first-order valence-electron chi connectivity index (χ1n) is 6.84. The van der Waals surface area contributed by atoms with Crippen LogP contribution >= 0.6 is 0 Å². The Labute approximate surface area is 124 Å². The Balaban J connectivity index is 1.81. The van der Waals surface area contributed by atoms with Gasteiger partial charge in [-0.25, -0.2) is 13.2 Å². The molecule has 2 aliphatic heterocycles. The van der Waals surface area contributed by atoms with Crippen LogP contribution in [-0.2, 0) is 29.2 Å². The summed E-state index contributed by atoms with van der Waals surface area (Å²) < 4.78 is 67.6. The molecule has 2 heterocycles. The highest BCUT2D eigenvalue weighted by molar-refractivity contribution is 7.87. The second kappa shape index (κ2) is 4.85. The molecule has 0 aromatic carbocycles. The molecule has 4 bridgehead atoms. The van der Waals surface area contributed by atoms with Gasteiger partial charge in [-0.3, -0.25) is 4.79 Å². The third-order valence-corrected chi connectivity index (χ3v) is 5.43. The van der Waals surface area contributed by atoms with Crippen LogP contribution in [-0.4, -0.2) is 42.4 Å². The van der Waals surface area contributed by atoms with Gasteiger partial charge < -0.3 is 14.0 Å². The molecule has 10 heteroatoms. The minimum atomic E-state index is -6.16. The van der Waals surface area contributed by atoms with E-state index in [9.17, 15) is 31.3 Å². The summed E-state index contributed by atoms with van der Waals surface area (Å²) in [6.45, 7) is 0. The van der Waals surface area contributed by atoms with Crippen molar-refractivity contribution in [2.75, 3.05) is 0 Å². The molecule has 0 radical (unpaired) electrons. The summed E-state index contributed by atoms with van der Waals surface area (Å²) in [5, 5.41) is -5.15. The molecule has 22 heavy (non-hydrogen) atoms. The van der Waals surface area contributed by atoms with E-state index in [2.05, 4.69) is 4.74 Å². The fraction of sp³-hybridized carbons (Fsp3) is 0.833. The third-order valence-electron chi connectivity index (χ3n) is 4.63. The van der Waals surface area contributed by atoms with Gasteiger partial charge in [0.05, 0.1) is 5.92 Å². The minimum Gasteiger partial charge on any atom is -0.743 e. The maximum absolute atomic E-state index is 13.2. The predicted molar refractivity (Wildman–Crippen MR) is 63.3 cm³/mol. The highest BCUT2D eigenvalue weighted by Gasteiger charge is 2.55. The van der Waals surface area contributed by atoms with Crippen molar-refractivity contribution in [3.63, 3.8) is 0 Å². The lowest BCUT2D eigenvalue weighted by atomic mass is 9.67. The van der Waals surface area contributed by atoms with Crippen molar-refractivity contribution >= 4 is 22.1 Å². The summed E-state index contributed by atoms with van der Waals surface area (Å²) in [5.41, 5.74) is 0. The van der Waals surface area contributed by atoms with Gasteiger partial charge in [-0.2, -0.15) is 8.78 Å². The molecule has 5 unspecified atom stereocenters. The summed E-state index contributed by atoms with van der Waals surface area (Å²) in [5.74, 6) is -3.35. The molecule has 0 aromatic heterocycles. The van der Waals surface area contributed by atoms with Crippen molar-refractivity contribution in [1.82, 2.24) is 0 Å². The lowest BCUT2D eigenvalue weighted by molar-refractivity contribution is -0.185. The number of carbonyl (C=O) groups excluding carboxylic acids is 2. The average Bonchev–Trinajstić information content (AvgIpc) is 2.55. The molecular formula is C12H13F2O7S-. The van der Waals surface area contributed by atoms with Gasteiger partial charge in [0.1, 0.15) is 12.2 Å². The summed E-state index contributed by atoms with van der Waals surface area (Å²) in [7, 11) is -6.16. The Morgan fingerprint density at radius 1 is 1.27 bits per heavy atom. The zero-order valence-corrected chi connectivity index (χ0v) is 12.1. The van der Waals surface area contributed by atoms with E-state index < -0.39 is 39.5 Å². The fourth-order valence-electron chi connectivity index (χ4n) is 3.73. The molecule has 4 rings (SSSR count). The van der Waals surface area contributed by atoms with Gasteiger partial charge in [0.2, 0.25) is 0 Å². The monoisotopic (exact) mass is 339 g/mol. The predicted octanol–water partition coefficient (Wildman–Crippen LogP) is 0.398. The first-order valence-corrected chi connectivity index (χ1v) is 8.25. The second-order valence-electron chi connectivity index (χ2n) is 6.08. The third kappa shape index (κ3) is 2.37. The van der Waals surface area contributed by atoms with E-state index in [1.54, 1.807) is 0 Å². The standard InChI is InChI=1S/C12H14F2O7S/c13-12(14,22(17,18)19)11(16)21-9-6-1-5-2-7(4-6)10(15)20-8(9)3-5/h5-9H,1-4H2,(H,17,18,19)/p-1. The fourth-order valence-corrected chi connectivity index (χ4v) is 3.98. The van der Waals surface area contributed by atoms with Crippen LogP contribution in [0.1, 0.15) is 25.7 Å². The summed E-state index contributed by atoms with van der Waals surface area (Å²) >= 11 is 0. The molecular weight excluding hydrogens is 326 g/mol. The van der Waals surface area contributed by atoms with Crippen molar-refractivity contribution in [3.05, 3.63) is 0 Å². The zero-order valence-electron chi connectivity index (χ0n) is 11.2. The van der Waals surface area contributed by atoms with Crippen molar-refractivity contribution < 1.29 is 40.8 Å². The van der Waals surface area contributed by atoms with Gasteiger partial charge >= 0.3 is 17.2 Å². The van der Waals surface area contributed by atoms with Gasteiger partial charge in [-0.05, 0) is 31.6 Å². The van der Waals surface area contributed by atoms with Gasteiger partial charge in [0, 0.05) is 5.92 Å².